The SMILES string of the molecule is CNC(c1snnc1C(C)(C)C)c1nccn1C. The Hall–Kier alpha value is -1.27. The molecule has 0 saturated carbocycles. The molecule has 2 aromatic heterocycles. The topological polar surface area (TPSA) is 55.6 Å². The van der Waals surface area contributed by atoms with E-state index in [1.54, 1.807) is 0 Å². The van der Waals surface area contributed by atoms with E-state index in [0.29, 0.717) is 0 Å². The number of rotatable bonds is 3. The van der Waals surface area contributed by atoms with Crippen molar-refractivity contribution in [2.24, 2.45) is 7.05 Å². The monoisotopic (exact) mass is 265 g/mol. The molecule has 0 aliphatic carbocycles. The lowest BCUT2D eigenvalue weighted by molar-refractivity contribution is 0.540. The Morgan fingerprint density at radius 3 is 2.61 bits per heavy atom. The third-order valence-electron chi connectivity index (χ3n) is 2.89. The fourth-order valence-corrected chi connectivity index (χ4v) is 2.91. The average molecular weight is 265 g/mol. The predicted molar refractivity (Wildman–Crippen MR) is 72.7 cm³/mol. The summed E-state index contributed by atoms with van der Waals surface area (Å²) in [4.78, 5) is 5.56. The van der Waals surface area contributed by atoms with Crippen LogP contribution in [0.3, 0.4) is 0 Å². The minimum atomic E-state index is -0.0113. The van der Waals surface area contributed by atoms with Crippen molar-refractivity contribution in [2.45, 2.75) is 32.2 Å². The Bertz CT molecular complexity index is 523. The normalized spacial score (nSPS) is 13.8. The van der Waals surface area contributed by atoms with Gasteiger partial charge in [-0.1, -0.05) is 25.3 Å². The highest BCUT2D eigenvalue weighted by Gasteiger charge is 2.29. The van der Waals surface area contributed by atoms with E-state index in [0.717, 1.165) is 16.4 Å². The minimum absolute atomic E-state index is 0.0113. The summed E-state index contributed by atoms with van der Waals surface area (Å²) in [5.41, 5.74) is 1.03. The second-order valence-corrected chi connectivity index (χ2v) is 6.14. The quantitative estimate of drug-likeness (QED) is 0.920. The van der Waals surface area contributed by atoms with Crippen molar-refractivity contribution in [3.05, 3.63) is 28.8 Å². The standard InChI is InChI=1S/C12H19N5S/c1-12(2,3)10-9(18-16-15-10)8(13-4)11-14-6-7-17(11)5/h6-8,13H,1-5H3. The summed E-state index contributed by atoms with van der Waals surface area (Å²) in [6.07, 6.45) is 3.76. The van der Waals surface area contributed by atoms with E-state index < -0.39 is 0 Å². The van der Waals surface area contributed by atoms with Crippen LogP contribution in [0.2, 0.25) is 0 Å². The number of nitrogens with one attached hydrogen (secondary N) is 1. The molecule has 0 aromatic carbocycles. The zero-order chi connectivity index (χ0) is 13.3. The van der Waals surface area contributed by atoms with E-state index >= 15 is 0 Å². The molecule has 0 bridgehead atoms. The Balaban J connectivity index is 2.47. The lowest BCUT2D eigenvalue weighted by Crippen LogP contribution is -2.24. The van der Waals surface area contributed by atoms with Crippen LogP contribution in [0.15, 0.2) is 12.4 Å². The molecule has 98 valence electrons. The summed E-state index contributed by atoms with van der Waals surface area (Å²) in [7, 11) is 3.93. The molecular formula is C12H19N5S. The van der Waals surface area contributed by atoms with Crippen LogP contribution in [-0.2, 0) is 12.5 Å². The largest absolute Gasteiger partial charge is 0.336 e. The fraction of sp³-hybridized carbons (Fsp3) is 0.583. The van der Waals surface area contributed by atoms with Gasteiger partial charge >= 0.3 is 0 Å². The zero-order valence-corrected chi connectivity index (χ0v) is 12.2. The third-order valence-corrected chi connectivity index (χ3v) is 3.68. The lowest BCUT2D eigenvalue weighted by Gasteiger charge is -2.21. The second-order valence-electron chi connectivity index (χ2n) is 5.35. The van der Waals surface area contributed by atoms with Gasteiger partial charge in [-0.15, -0.1) is 5.10 Å². The van der Waals surface area contributed by atoms with Crippen LogP contribution in [-0.4, -0.2) is 26.2 Å². The molecule has 0 aliphatic rings. The number of aryl methyl sites for hydroxylation is 1. The first kappa shape index (κ1) is 13.2. The molecule has 0 saturated heterocycles. The van der Waals surface area contributed by atoms with Gasteiger partial charge in [0, 0.05) is 24.9 Å². The predicted octanol–water partition coefficient (Wildman–Crippen LogP) is 1.88. The van der Waals surface area contributed by atoms with Crippen molar-refractivity contribution >= 4 is 11.5 Å². The van der Waals surface area contributed by atoms with Crippen LogP contribution < -0.4 is 5.32 Å². The highest BCUT2D eigenvalue weighted by molar-refractivity contribution is 7.05. The fourth-order valence-electron chi connectivity index (χ4n) is 1.94. The molecule has 5 nitrogen and oxygen atoms in total. The van der Waals surface area contributed by atoms with Crippen molar-refractivity contribution in [3.63, 3.8) is 0 Å². The van der Waals surface area contributed by atoms with E-state index in [1.807, 2.05) is 31.1 Å². The maximum absolute atomic E-state index is 4.42. The molecular weight excluding hydrogens is 246 g/mol. The molecule has 1 atom stereocenters. The summed E-state index contributed by atoms with van der Waals surface area (Å²) < 4.78 is 6.13. The van der Waals surface area contributed by atoms with Crippen LogP contribution in [0.1, 0.15) is 43.2 Å². The van der Waals surface area contributed by atoms with Gasteiger partial charge in [-0.2, -0.15) is 0 Å². The van der Waals surface area contributed by atoms with Gasteiger partial charge in [0.2, 0.25) is 0 Å². The number of nitrogens with zero attached hydrogens (tertiary/aromatic N) is 4. The smallest absolute Gasteiger partial charge is 0.131 e. The highest BCUT2D eigenvalue weighted by Crippen LogP contribution is 2.32. The maximum Gasteiger partial charge on any atom is 0.131 e. The van der Waals surface area contributed by atoms with Crippen LogP contribution in [0.4, 0.5) is 0 Å². The van der Waals surface area contributed by atoms with Gasteiger partial charge in [0.15, 0.2) is 0 Å². The average Bonchev–Trinajstić information content (AvgIpc) is 2.89. The molecule has 0 spiro atoms. The molecule has 18 heavy (non-hydrogen) atoms. The number of imidazole rings is 1. The van der Waals surface area contributed by atoms with Crippen LogP contribution >= 0.6 is 11.5 Å². The second kappa shape index (κ2) is 4.78. The number of hydrogen-bond acceptors (Lipinski definition) is 5. The van der Waals surface area contributed by atoms with E-state index in [-0.39, 0.29) is 11.5 Å². The van der Waals surface area contributed by atoms with Crippen molar-refractivity contribution in [3.8, 4) is 0 Å². The van der Waals surface area contributed by atoms with Gasteiger partial charge in [0.25, 0.3) is 0 Å². The molecule has 1 N–H and O–H groups in total. The van der Waals surface area contributed by atoms with E-state index in [4.69, 9.17) is 0 Å². The number of hydrogen-bond donors (Lipinski definition) is 1. The Morgan fingerprint density at radius 2 is 2.11 bits per heavy atom. The minimum Gasteiger partial charge on any atom is -0.336 e. The summed E-state index contributed by atoms with van der Waals surface area (Å²) in [6.45, 7) is 6.45. The zero-order valence-electron chi connectivity index (χ0n) is 11.4. The van der Waals surface area contributed by atoms with Crippen molar-refractivity contribution in [2.75, 3.05) is 7.05 Å². The lowest BCUT2D eigenvalue weighted by atomic mass is 9.90. The molecule has 2 heterocycles. The highest BCUT2D eigenvalue weighted by atomic mass is 32.1. The number of aromatic nitrogens is 4. The summed E-state index contributed by atoms with van der Waals surface area (Å²) >= 11 is 1.44. The van der Waals surface area contributed by atoms with E-state index in [9.17, 15) is 0 Å². The van der Waals surface area contributed by atoms with Gasteiger partial charge < -0.3 is 9.88 Å². The first-order valence-corrected chi connectivity index (χ1v) is 6.69. The van der Waals surface area contributed by atoms with E-state index in [2.05, 4.69) is 40.7 Å². The summed E-state index contributed by atoms with van der Waals surface area (Å²) in [5.74, 6) is 0.981. The molecule has 2 aromatic rings. The molecule has 1 unspecified atom stereocenters. The molecule has 0 radical (unpaired) electrons. The Morgan fingerprint density at radius 1 is 1.39 bits per heavy atom. The molecule has 6 heteroatoms. The van der Waals surface area contributed by atoms with Gasteiger partial charge in [0.05, 0.1) is 10.6 Å². The van der Waals surface area contributed by atoms with Gasteiger partial charge in [-0.05, 0) is 18.6 Å². The van der Waals surface area contributed by atoms with Crippen molar-refractivity contribution in [1.29, 1.82) is 0 Å². The Labute approximate surface area is 111 Å². The summed E-state index contributed by atoms with van der Waals surface area (Å²) in [6, 6.07) is 0.0409. The van der Waals surface area contributed by atoms with E-state index in [1.165, 1.54) is 11.5 Å². The third kappa shape index (κ3) is 2.30. The molecule has 2 rings (SSSR count). The van der Waals surface area contributed by atoms with Crippen molar-refractivity contribution < 1.29 is 0 Å². The van der Waals surface area contributed by atoms with Crippen LogP contribution in [0.5, 0.6) is 0 Å². The summed E-state index contributed by atoms with van der Waals surface area (Å²) in [5, 5.41) is 7.59. The maximum atomic E-state index is 4.42. The Kier molecular flexibility index (Phi) is 3.49. The van der Waals surface area contributed by atoms with Gasteiger partial charge in [0.1, 0.15) is 11.9 Å². The van der Waals surface area contributed by atoms with Gasteiger partial charge in [-0.25, -0.2) is 4.98 Å². The van der Waals surface area contributed by atoms with Crippen molar-refractivity contribution in [1.82, 2.24) is 24.5 Å². The molecule has 0 fully saturated rings. The molecule has 0 aliphatic heterocycles. The first-order chi connectivity index (χ1) is 8.45. The van der Waals surface area contributed by atoms with Gasteiger partial charge in [-0.3, -0.25) is 0 Å². The molecule has 0 amide bonds. The van der Waals surface area contributed by atoms with Crippen LogP contribution in [0, 0.1) is 0 Å². The van der Waals surface area contributed by atoms with Crippen LogP contribution in [0.25, 0.3) is 0 Å². The first-order valence-electron chi connectivity index (χ1n) is 5.92.